The number of hydrogen-bond acceptors (Lipinski definition) is 7. The standard InChI is InChI=1S/C18H21N7O.H2/c1-12-10-17(25-24-12)21-16-11-15(20-14-4-8-26-9-5-14)22-18(23-16)13-2-6-19-7-3-13;/h2-3,6-7,10-11,14H,4-5,8-9H2,1H3,(H3,20,21,22,23,24,25);1H. The second-order valence-electron chi connectivity index (χ2n) is 6.29. The topological polar surface area (TPSA) is 101 Å². The number of nitrogens with one attached hydrogen (secondary N) is 3. The number of ether oxygens (including phenoxy) is 1. The molecule has 8 nitrogen and oxygen atoms in total. The number of pyridine rings is 1. The summed E-state index contributed by atoms with van der Waals surface area (Å²) in [5.41, 5.74) is 1.90. The quantitative estimate of drug-likeness (QED) is 0.648. The lowest BCUT2D eigenvalue weighted by molar-refractivity contribution is 0.0904. The summed E-state index contributed by atoms with van der Waals surface area (Å²) < 4.78 is 5.43. The van der Waals surface area contributed by atoms with Crippen LogP contribution in [0.25, 0.3) is 11.4 Å². The van der Waals surface area contributed by atoms with Gasteiger partial charge in [-0.2, -0.15) is 5.10 Å². The third-order valence-electron chi connectivity index (χ3n) is 4.20. The fourth-order valence-corrected chi connectivity index (χ4v) is 2.88. The highest BCUT2D eigenvalue weighted by molar-refractivity contribution is 5.63. The van der Waals surface area contributed by atoms with Crippen LogP contribution < -0.4 is 10.6 Å². The van der Waals surface area contributed by atoms with Gasteiger partial charge >= 0.3 is 0 Å². The molecule has 0 amide bonds. The first kappa shape index (κ1) is 16.5. The Balaban J connectivity index is 0.00000210. The van der Waals surface area contributed by atoms with Crippen molar-refractivity contribution in [2.75, 3.05) is 23.8 Å². The molecule has 0 spiro atoms. The lowest BCUT2D eigenvalue weighted by atomic mass is 10.1. The summed E-state index contributed by atoms with van der Waals surface area (Å²) >= 11 is 0. The highest BCUT2D eigenvalue weighted by atomic mass is 16.5. The minimum Gasteiger partial charge on any atom is -0.381 e. The summed E-state index contributed by atoms with van der Waals surface area (Å²) in [6.45, 7) is 3.51. The molecule has 4 rings (SSSR count). The first-order valence-electron chi connectivity index (χ1n) is 8.69. The summed E-state index contributed by atoms with van der Waals surface area (Å²) in [6.07, 6.45) is 5.41. The number of anilines is 3. The highest BCUT2D eigenvalue weighted by Gasteiger charge is 2.16. The van der Waals surface area contributed by atoms with E-state index in [4.69, 9.17) is 4.74 Å². The maximum Gasteiger partial charge on any atom is 0.163 e. The van der Waals surface area contributed by atoms with Crippen LogP contribution in [0.4, 0.5) is 17.5 Å². The van der Waals surface area contributed by atoms with Crippen LogP contribution in [-0.4, -0.2) is 44.4 Å². The molecule has 1 aliphatic rings. The fraction of sp³-hybridized carbons (Fsp3) is 0.333. The van der Waals surface area contributed by atoms with Crippen LogP contribution in [0.3, 0.4) is 0 Å². The van der Waals surface area contributed by atoms with Crippen molar-refractivity contribution >= 4 is 17.5 Å². The maximum absolute atomic E-state index is 5.43. The molecule has 1 fully saturated rings. The molecule has 3 N–H and O–H groups in total. The molecule has 0 bridgehead atoms. The van der Waals surface area contributed by atoms with Crippen molar-refractivity contribution in [2.24, 2.45) is 0 Å². The Morgan fingerprint density at radius 2 is 1.85 bits per heavy atom. The zero-order valence-corrected chi connectivity index (χ0v) is 14.6. The van der Waals surface area contributed by atoms with Gasteiger partial charge in [-0.15, -0.1) is 0 Å². The van der Waals surface area contributed by atoms with E-state index in [1.54, 1.807) is 12.4 Å². The molecule has 1 aliphatic heterocycles. The fourth-order valence-electron chi connectivity index (χ4n) is 2.88. The van der Waals surface area contributed by atoms with Gasteiger partial charge in [-0.3, -0.25) is 10.1 Å². The lowest BCUT2D eigenvalue weighted by Gasteiger charge is -2.24. The first-order valence-corrected chi connectivity index (χ1v) is 8.69. The van der Waals surface area contributed by atoms with Crippen LogP contribution in [0.5, 0.6) is 0 Å². The van der Waals surface area contributed by atoms with Gasteiger partial charge in [-0.05, 0) is 31.9 Å². The smallest absolute Gasteiger partial charge is 0.163 e. The van der Waals surface area contributed by atoms with E-state index >= 15 is 0 Å². The van der Waals surface area contributed by atoms with E-state index in [-0.39, 0.29) is 1.43 Å². The normalized spacial score (nSPS) is 15.0. The van der Waals surface area contributed by atoms with Gasteiger partial charge in [0.05, 0.1) is 0 Å². The summed E-state index contributed by atoms with van der Waals surface area (Å²) in [6, 6.07) is 7.99. The SMILES string of the molecule is Cc1cc(Nc2cc(NC3CCOCC3)nc(-c3ccncc3)n2)n[nH]1.[HH]. The molecule has 0 radical (unpaired) electrons. The zero-order chi connectivity index (χ0) is 17.8. The summed E-state index contributed by atoms with van der Waals surface area (Å²) in [4.78, 5) is 13.4. The molecule has 136 valence electrons. The lowest BCUT2D eigenvalue weighted by Crippen LogP contribution is -2.28. The highest BCUT2D eigenvalue weighted by Crippen LogP contribution is 2.23. The Labute approximate surface area is 152 Å². The van der Waals surface area contributed by atoms with E-state index in [9.17, 15) is 0 Å². The molecule has 0 aliphatic carbocycles. The van der Waals surface area contributed by atoms with Crippen LogP contribution >= 0.6 is 0 Å². The number of nitrogens with zero attached hydrogens (tertiary/aromatic N) is 4. The molecule has 4 heterocycles. The molecule has 0 atom stereocenters. The van der Waals surface area contributed by atoms with Crippen LogP contribution in [0.2, 0.25) is 0 Å². The Morgan fingerprint density at radius 1 is 1.08 bits per heavy atom. The molecule has 26 heavy (non-hydrogen) atoms. The molecular weight excluding hydrogens is 330 g/mol. The molecule has 1 saturated heterocycles. The van der Waals surface area contributed by atoms with Crippen LogP contribution in [0.15, 0.2) is 36.7 Å². The van der Waals surface area contributed by atoms with Crippen molar-refractivity contribution in [1.29, 1.82) is 0 Å². The van der Waals surface area contributed by atoms with Gasteiger partial charge in [0.15, 0.2) is 11.6 Å². The van der Waals surface area contributed by atoms with Gasteiger partial charge in [-0.1, -0.05) is 0 Å². The van der Waals surface area contributed by atoms with Gasteiger partial charge in [0.1, 0.15) is 11.6 Å². The van der Waals surface area contributed by atoms with Crippen molar-refractivity contribution in [3.63, 3.8) is 0 Å². The second-order valence-corrected chi connectivity index (χ2v) is 6.29. The van der Waals surface area contributed by atoms with E-state index in [1.807, 2.05) is 31.2 Å². The number of H-pyrrole nitrogens is 1. The van der Waals surface area contributed by atoms with Crippen LogP contribution in [0.1, 0.15) is 20.0 Å². The van der Waals surface area contributed by atoms with Crippen molar-refractivity contribution in [3.8, 4) is 11.4 Å². The monoisotopic (exact) mass is 353 g/mol. The molecule has 0 aromatic carbocycles. The summed E-state index contributed by atoms with van der Waals surface area (Å²) in [5, 5.41) is 13.9. The zero-order valence-electron chi connectivity index (χ0n) is 14.6. The molecule has 3 aromatic heterocycles. The number of rotatable bonds is 5. The average Bonchev–Trinajstić information content (AvgIpc) is 3.08. The minimum atomic E-state index is 0. The Kier molecular flexibility index (Phi) is 4.74. The maximum atomic E-state index is 5.43. The second kappa shape index (κ2) is 7.49. The van der Waals surface area contributed by atoms with E-state index < -0.39 is 0 Å². The predicted molar refractivity (Wildman–Crippen MR) is 101 cm³/mol. The molecule has 3 aromatic rings. The van der Waals surface area contributed by atoms with Gasteiger partial charge in [0.25, 0.3) is 0 Å². The Bertz CT molecular complexity index is 865. The van der Waals surface area contributed by atoms with Gasteiger partial charge in [-0.25, -0.2) is 9.97 Å². The third kappa shape index (κ3) is 3.97. The number of aromatic amines is 1. The van der Waals surface area contributed by atoms with Crippen molar-refractivity contribution in [3.05, 3.63) is 42.4 Å². The molecule has 0 saturated carbocycles. The number of aryl methyl sites for hydroxylation is 1. The minimum absolute atomic E-state index is 0. The van der Waals surface area contributed by atoms with E-state index in [0.717, 1.165) is 48.9 Å². The van der Waals surface area contributed by atoms with Crippen molar-refractivity contribution in [1.82, 2.24) is 25.1 Å². The van der Waals surface area contributed by atoms with Gasteiger partial charge in [0, 0.05) is 56.5 Å². The number of aromatic nitrogens is 5. The average molecular weight is 353 g/mol. The van der Waals surface area contributed by atoms with Crippen molar-refractivity contribution < 1.29 is 6.16 Å². The molecule has 0 unspecified atom stereocenters. The van der Waals surface area contributed by atoms with Crippen LogP contribution in [-0.2, 0) is 4.74 Å². The molecular formula is C18H23N7O. The van der Waals surface area contributed by atoms with Crippen LogP contribution in [0, 0.1) is 6.92 Å². The van der Waals surface area contributed by atoms with E-state index in [1.165, 1.54) is 0 Å². The Hall–Kier alpha value is -3.00. The van der Waals surface area contributed by atoms with E-state index in [2.05, 4.69) is 35.8 Å². The summed E-state index contributed by atoms with van der Waals surface area (Å²) in [7, 11) is 0. The number of hydrogen-bond donors (Lipinski definition) is 3. The Morgan fingerprint density at radius 3 is 2.58 bits per heavy atom. The predicted octanol–water partition coefficient (Wildman–Crippen LogP) is 3.15. The van der Waals surface area contributed by atoms with Crippen molar-refractivity contribution in [2.45, 2.75) is 25.8 Å². The largest absolute Gasteiger partial charge is 0.381 e. The third-order valence-corrected chi connectivity index (χ3v) is 4.20. The van der Waals surface area contributed by atoms with E-state index in [0.29, 0.717) is 17.7 Å². The van der Waals surface area contributed by atoms with Gasteiger partial charge in [0.2, 0.25) is 0 Å². The molecule has 8 heteroatoms. The summed E-state index contributed by atoms with van der Waals surface area (Å²) in [5.74, 6) is 2.83. The van der Waals surface area contributed by atoms with Gasteiger partial charge < -0.3 is 15.4 Å². The first-order chi connectivity index (χ1) is 12.8.